The van der Waals surface area contributed by atoms with Crippen LogP contribution >= 0.6 is 15.9 Å². The molecule has 0 saturated carbocycles. The van der Waals surface area contributed by atoms with E-state index in [0.717, 1.165) is 4.47 Å². The van der Waals surface area contributed by atoms with E-state index in [9.17, 15) is 10.1 Å². The summed E-state index contributed by atoms with van der Waals surface area (Å²) in [6, 6.07) is 10.00. The zero-order valence-electron chi connectivity index (χ0n) is 11.2. The van der Waals surface area contributed by atoms with Crippen molar-refractivity contribution in [1.29, 1.82) is 0 Å². The lowest BCUT2D eigenvalue weighted by Gasteiger charge is -2.12. The van der Waals surface area contributed by atoms with Crippen molar-refractivity contribution in [2.24, 2.45) is 0 Å². The summed E-state index contributed by atoms with van der Waals surface area (Å²) >= 11 is 3.38. The molecular weight excluding hydrogens is 340 g/mol. The third-order valence-corrected chi connectivity index (χ3v) is 3.45. The second-order valence-corrected chi connectivity index (χ2v) is 5.06. The highest BCUT2D eigenvalue weighted by atomic mass is 79.9. The number of para-hydroxylation sites is 1. The summed E-state index contributed by atoms with van der Waals surface area (Å²) < 4.78 is 11.6. The number of nitro groups is 1. The number of benzene rings is 2. The van der Waals surface area contributed by atoms with E-state index in [-0.39, 0.29) is 18.0 Å². The van der Waals surface area contributed by atoms with Crippen molar-refractivity contribution < 1.29 is 14.4 Å². The lowest BCUT2D eigenvalue weighted by Crippen LogP contribution is -2.01. The number of anilines is 1. The van der Waals surface area contributed by atoms with Gasteiger partial charge in [-0.3, -0.25) is 10.1 Å². The zero-order chi connectivity index (χ0) is 15.4. The SMILES string of the molecule is COc1cccc(Br)c1OCc1ccc(N)c([N+](=O)[O-])c1. The Hall–Kier alpha value is -2.28. The van der Waals surface area contributed by atoms with E-state index in [1.54, 1.807) is 19.2 Å². The summed E-state index contributed by atoms with van der Waals surface area (Å²) in [5.41, 5.74) is 6.20. The normalized spacial score (nSPS) is 10.2. The van der Waals surface area contributed by atoms with Crippen LogP contribution in [0.1, 0.15) is 5.56 Å². The highest BCUT2D eigenvalue weighted by molar-refractivity contribution is 9.10. The van der Waals surface area contributed by atoms with E-state index in [0.29, 0.717) is 17.1 Å². The van der Waals surface area contributed by atoms with Crippen LogP contribution in [0.2, 0.25) is 0 Å². The summed E-state index contributed by atoms with van der Waals surface area (Å²) in [4.78, 5) is 10.3. The van der Waals surface area contributed by atoms with Gasteiger partial charge in [-0.15, -0.1) is 0 Å². The summed E-state index contributed by atoms with van der Waals surface area (Å²) in [6.07, 6.45) is 0. The predicted molar refractivity (Wildman–Crippen MR) is 82.5 cm³/mol. The number of halogens is 1. The summed E-state index contributed by atoms with van der Waals surface area (Å²) in [5.74, 6) is 1.12. The minimum absolute atomic E-state index is 0.127. The molecule has 2 rings (SSSR count). The first kappa shape index (κ1) is 15.1. The molecule has 110 valence electrons. The van der Waals surface area contributed by atoms with Crippen molar-refractivity contribution in [1.82, 2.24) is 0 Å². The first-order valence-electron chi connectivity index (χ1n) is 6.01. The van der Waals surface area contributed by atoms with Gasteiger partial charge in [0.2, 0.25) is 0 Å². The molecule has 2 aromatic carbocycles. The lowest BCUT2D eigenvalue weighted by atomic mass is 10.2. The number of rotatable bonds is 5. The molecule has 0 saturated heterocycles. The molecule has 0 aliphatic rings. The molecule has 6 nitrogen and oxygen atoms in total. The average molecular weight is 353 g/mol. The molecule has 0 aromatic heterocycles. The third kappa shape index (κ3) is 3.43. The Kier molecular flexibility index (Phi) is 4.64. The first-order valence-corrected chi connectivity index (χ1v) is 6.80. The quantitative estimate of drug-likeness (QED) is 0.505. The lowest BCUT2D eigenvalue weighted by molar-refractivity contribution is -0.384. The molecule has 0 amide bonds. The fourth-order valence-corrected chi connectivity index (χ4v) is 2.24. The molecule has 2 N–H and O–H groups in total. The topological polar surface area (TPSA) is 87.6 Å². The molecule has 21 heavy (non-hydrogen) atoms. The Morgan fingerprint density at radius 2 is 2.10 bits per heavy atom. The van der Waals surface area contributed by atoms with Crippen molar-refractivity contribution in [3.8, 4) is 11.5 Å². The minimum Gasteiger partial charge on any atom is -0.493 e. The van der Waals surface area contributed by atoms with Gasteiger partial charge >= 0.3 is 0 Å². The Bertz CT molecular complexity index is 676. The van der Waals surface area contributed by atoms with Gasteiger partial charge in [0.15, 0.2) is 11.5 Å². The zero-order valence-corrected chi connectivity index (χ0v) is 12.8. The van der Waals surface area contributed by atoms with Gasteiger partial charge in [-0.1, -0.05) is 12.1 Å². The van der Waals surface area contributed by atoms with Gasteiger partial charge in [0, 0.05) is 6.07 Å². The molecule has 0 spiro atoms. The minimum atomic E-state index is -0.516. The number of nitrogens with zero attached hydrogens (tertiary/aromatic N) is 1. The summed E-state index contributed by atoms with van der Waals surface area (Å²) in [6.45, 7) is 0.167. The Labute approximate surface area is 129 Å². The molecule has 0 heterocycles. The number of nitro benzene ring substituents is 1. The van der Waals surface area contributed by atoms with Gasteiger partial charge in [-0.25, -0.2) is 0 Å². The maximum atomic E-state index is 10.9. The van der Waals surface area contributed by atoms with Gasteiger partial charge < -0.3 is 15.2 Å². The predicted octanol–water partition coefficient (Wildman–Crippen LogP) is 3.53. The largest absolute Gasteiger partial charge is 0.493 e. The molecule has 0 unspecified atom stereocenters. The van der Waals surface area contributed by atoms with Gasteiger partial charge in [0.25, 0.3) is 5.69 Å². The molecule has 0 atom stereocenters. The van der Waals surface area contributed by atoms with Crippen LogP contribution in [0.5, 0.6) is 11.5 Å². The number of hydrogen-bond donors (Lipinski definition) is 1. The molecule has 7 heteroatoms. The average Bonchev–Trinajstić information content (AvgIpc) is 2.46. The molecule has 0 aliphatic heterocycles. The number of nitrogens with two attached hydrogens (primary N) is 1. The van der Waals surface area contributed by atoms with Crippen LogP contribution in [0, 0.1) is 10.1 Å². The van der Waals surface area contributed by atoms with Crippen molar-refractivity contribution >= 4 is 27.3 Å². The second kappa shape index (κ2) is 6.45. The van der Waals surface area contributed by atoms with E-state index in [2.05, 4.69) is 15.9 Å². The van der Waals surface area contributed by atoms with Crippen molar-refractivity contribution in [3.05, 3.63) is 56.5 Å². The Morgan fingerprint density at radius 1 is 1.33 bits per heavy atom. The fraction of sp³-hybridized carbons (Fsp3) is 0.143. The smallest absolute Gasteiger partial charge is 0.292 e. The van der Waals surface area contributed by atoms with Gasteiger partial charge in [0.1, 0.15) is 12.3 Å². The standard InChI is InChI=1S/C14H13BrN2O4/c1-20-13-4-2-3-10(15)14(13)21-8-9-5-6-11(16)12(7-9)17(18)19/h2-7H,8,16H2,1H3. The maximum absolute atomic E-state index is 10.9. The third-order valence-electron chi connectivity index (χ3n) is 2.83. The second-order valence-electron chi connectivity index (χ2n) is 4.21. The molecular formula is C14H13BrN2O4. The summed E-state index contributed by atoms with van der Waals surface area (Å²) in [7, 11) is 1.54. The van der Waals surface area contributed by atoms with E-state index in [4.69, 9.17) is 15.2 Å². The van der Waals surface area contributed by atoms with Crippen LogP contribution < -0.4 is 15.2 Å². The van der Waals surface area contributed by atoms with Crippen LogP contribution in [-0.2, 0) is 6.61 Å². The van der Waals surface area contributed by atoms with E-state index < -0.39 is 4.92 Å². The van der Waals surface area contributed by atoms with Crippen molar-refractivity contribution in [2.75, 3.05) is 12.8 Å². The molecule has 0 fully saturated rings. The van der Waals surface area contributed by atoms with E-state index in [1.807, 2.05) is 12.1 Å². The molecule has 0 bridgehead atoms. The first-order chi connectivity index (χ1) is 10.0. The number of methoxy groups -OCH3 is 1. The fourth-order valence-electron chi connectivity index (χ4n) is 1.78. The monoisotopic (exact) mass is 352 g/mol. The highest BCUT2D eigenvalue weighted by Gasteiger charge is 2.13. The molecule has 0 radical (unpaired) electrons. The number of ether oxygens (including phenoxy) is 2. The summed E-state index contributed by atoms with van der Waals surface area (Å²) in [5, 5.41) is 10.9. The van der Waals surface area contributed by atoms with E-state index in [1.165, 1.54) is 12.1 Å². The molecule has 2 aromatic rings. The number of nitrogen functional groups attached to an aromatic ring is 1. The Morgan fingerprint density at radius 3 is 2.76 bits per heavy atom. The van der Waals surface area contributed by atoms with Crippen LogP contribution in [0.15, 0.2) is 40.9 Å². The number of hydrogen-bond acceptors (Lipinski definition) is 5. The van der Waals surface area contributed by atoms with Crippen LogP contribution in [-0.4, -0.2) is 12.0 Å². The van der Waals surface area contributed by atoms with Gasteiger partial charge in [0.05, 0.1) is 16.5 Å². The van der Waals surface area contributed by atoms with Crippen molar-refractivity contribution in [2.45, 2.75) is 6.61 Å². The highest BCUT2D eigenvalue weighted by Crippen LogP contribution is 2.35. The van der Waals surface area contributed by atoms with Crippen LogP contribution in [0.25, 0.3) is 0 Å². The molecule has 0 aliphatic carbocycles. The van der Waals surface area contributed by atoms with Crippen LogP contribution in [0.4, 0.5) is 11.4 Å². The van der Waals surface area contributed by atoms with Gasteiger partial charge in [-0.2, -0.15) is 0 Å². The van der Waals surface area contributed by atoms with E-state index >= 15 is 0 Å². The Balaban J connectivity index is 2.21. The maximum Gasteiger partial charge on any atom is 0.292 e. The van der Waals surface area contributed by atoms with Crippen molar-refractivity contribution in [3.63, 3.8) is 0 Å². The van der Waals surface area contributed by atoms with Gasteiger partial charge in [-0.05, 0) is 39.7 Å². The van der Waals surface area contributed by atoms with Crippen LogP contribution in [0.3, 0.4) is 0 Å².